The maximum absolute atomic E-state index is 13.7. The lowest BCUT2D eigenvalue weighted by molar-refractivity contribution is -0.869. The number of hydrogen-bond acceptors (Lipinski definition) is 7. The van der Waals surface area contributed by atoms with Crippen molar-refractivity contribution in [1.29, 1.82) is 5.26 Å². The van der Waals surface area contributed by atoms with Crippen molar-refractivity contribution in [2.45, 2.75) is 11.1 Å². The summed E-state index contributed by atoms with van der Waals surface area (Å²) in [5.41, 5.74) is -0.449. The van der Waals surface area contributed by atoms with Gasteiger partial charge in [0.25, 0.3) is 11.5 Å². The number of halogens is 3. The molecule has 0 radical (unpaired) electrons. The molecular weight excluding hydrogens is 663 g/mol. The third kappa shape index (κ3) is 8.70. The molecule has 2 heterocycles. The molecule has 1 amide bonds. The van der Waals surface area contributed by atoms with Gasteiger partial charge in [-0.3, -0.25) is 14.3 Å². The van der Waals surface area contributed by atoms with Crippen LogP contribution in [0, 0.1) is 11.3 Å². The first-order chi connectivity index (χ1) is 22.9. The summed E-state index contributed by atoms with van der Waals surface area (Å²) in [7, 11) is 3.11. The molecule has 0 saturated carbocycles. The molecule has 0 aliphatic rings. The highest BCUT2D eigenvalue weighted by atomic mass is 32.2. The third-order valence-electron chi connectivity index (χ3n) is 7.14. The minimum atomic E-state index is -4.62. The van der Waals surface area contributed by atoms with E-state index in [9.17, 15) is 35.7 Å². The minimum Gasteiger partial charge on any atom is -0.744 e. The number of quaternary nitrogens is 1. The smallest absolute Gasteiger partial charge is 0.416 e. The number of hydrogen-bond donors (Lipinski definition) is 1. The van der Waals surface area contributed by atoms with E-state index in [0.717, 1.165) is 16.8 Å². The van der Waals surface area contributed by atoms with Gasteiger partial charge >= 0.3 is 6.18 Å². The maximum Gasteiger partial charge on any atom is 0.416 e. The summed E-state index contributed by atoms with van der Waals surface area (Å²) in [6.07, 6.45) is -3.13. The number of carbonyl (C=O) groups is 1. The molecular formula is C33H32F3N7O5S. The maximum atomic E-state index is 13.7. The van der Waals surface area contributed by atoms with Gasteiger partial charge in [-0.2, -0.15) is 23.5 Å². The molecule has 5 aromatic rings. The second kappa shape index (κ2) is 14.3. The van der Waals surface area contributed by atoms with E-state index < -0.39 is 33.3 Å². The summed E-state index contributed by atoms with van der Waals surface area (Å²) in [4.78, 5) is 27.0. The average Bonchev–Trinajstić information content (AvgIpc) is 3.62. The number of carbonyl (C=O) groups excluding carboxylic acids is 1. The van der Waals surface area contributed by atoms with Gasteiger partial charge in [0.05, 0.1) is 79.6 Å². The highest BCUT2D eigenvalue weighted by molar-refractivity contribution is 7.85. The Balaban J connectivity index is 0.000000463. The van der Waals surface area contributed by atoms with Crippen molar-refractivity contribution >= 4 is 16.0 Å². The number of amides is 1. The molecule has 0 fully saturated rings. The van der Waals surface area contributed by atoms with Crippen LogP contribution < -0.4 is 10.9 Å². The van der Waals surface area contributed by atoms with Crippen LogP contribution in [0.4, 0.5) is 13.2 Å². The molecule has 0 unspecified atom stereocenters. The Morgan fingerprint density at radius 2 is 1.63 bits per heavy atom. The Hall–Kier alpha value is -5.50. The quantitative estimate of drug-likeness (QED) is 0.191. The van der Waals surface area contributed by atoms with Crippen LogP contribution in [-0.4, -0.2) is 76.7 Å². The van der Waals surface area contributed by atoms with Gasteiger partial charge < -0.3 is 14.4 Å². The predicted octanol–water partition coefficient (Wildman–Crippen LogP) is 3.95. The molecule has 0 spiro atoms. The largest absolute Gasteiger partial charge is 0.744 e. The van der Waals surface area contributed by atoms with Crippen LogP contribution in [0.3, 0.4) is 0 Å². The number of nitrogens with one attached hydrogen (secondary N) is 1. The first kappa shape index (κ1) is 36.3. The summed E-state index contributed by atoms with van der Waals surface area (Å²) in [6.45, 7) is 0.855. The first-order valence-corrected chi connectivity index (χ1v) is 16.0. The molecule has 3 aromatic carbocycles. The van der Waals surface area contributed by atoms with E-state index in [1.165, 1.54) is 59.0 Å². The van der Waals surface area contributed by atoms with Crippen LogP contribution in [0.15, 0.2) is 101 Å². The fraction of sp³-hybridized carbons (Fsp3) is 0.212. The Bertz CT molecular complexity index is 2160. The van der Waals surface area contributed by atoms with E-state index in [1.54, 1.807) is 36.4 Å². The molecule has 16 heteroatoms. The van der Waals surface area contributed by atoms with Gasteiger partial charge in [-0.25, -0.2) is 17.8 Å². The van der Waals surface area contributed by atoms with Crippen LogP contribution in [0.25, 0.3) is 22.8 Å². The molecule has 0 saturated heterocycles. The van der Waals surface area contributed by atoms with E-state index in [-0.39, 0.29) is 28.4 Å². The van der Waals surface area contributed by atoms with Crippen molar-refractivity contribution < 1.29 is 35.4 Å². The van der Waals surface area contributed by atoms with E-state index in [2.05, 4.69) is 10.4 Å². The van der Waals surface area contributed by atoms with Gasteiger partial charge in [0.15, 0.2) is 0 Å². The van der Waals surface area contributed by atoms with Crippen molar-refractivity contribution in [1.82, 2.24) is 24.5 Å². The lowest BCUT2D eigenvalue weighted by Crippen LogP contribution is -2.42. The first-order valence-electron chi connectivity index (χ1n) is 14.6. The minimum absolute atomic E-state index is 0.0478. The number of nitrogens with zero attached hydrogens (tertiary/aromatic N) is 6. The fourth-order valence-corrected chi connectivity index (χ4v) is 5.24. The molecule has 0 aliphatic heterocycles. The summed E-state index contributed by atoms with van der Waals surface area (Å²) < 4.78 is 75.7. The highest BCUT2D eigenvalue weighted by Gasteiger charge is 2.32. The molecule has 0 aliphatic carbocycles. The third-order valence-corrected chi connectivity index (χ3v) is 7.99. The van der Waals surface area contributed by atoms with Gasteiger partial charge in [-0.15, -0.1) is 0 Å². The van der Waals surface area contributed by atoms with Gasteiger partial charge in [0.1, 0.15) is 21.4 Å². The summed E-state index contributed by atoms with van der Waals surface area (Å²) >= 11 is 0. The molecule has 0 atom stereocenters. The second-order valence-corrected chi connectivity index (χ2v) is 13.1. The van der Waals surface area contributed by atoms with Gasteiger partial charge in [-0.05, 0) is 60.7 Å². The summed E-state index contributed by atoms with van der Waals surface area (Å²) in [5.74, 6) is -0.655. The Morgan fingerprint density at radius 1 is 0.980 bits per heavy atom. The van der Waals surface area contributed by atoms with E-state index in [1.807, 2.05) is 27.2 Å². The van der Waals surface area contributed by atoms with Crippen molar-refractivity contribution in [2.24, 2.45) is 7.05 Å². The number of aromatic nitrogens is 4. The second-order valence-electron chi connectivity index (χ2n) is 11.7. The monoisotopic (exact) mass is 695 g/mol. The number of rotatable bonds is 8. The van der Waals surface area contributed by atoms with Crippen LogP contribution >= 0.6 is 0 Å². The van der Waals surface area contributed by atoms with Crippen LogP contribution in [0.1, 0.15) is 21.5 Å². The van der Waals surface area contributed by atoms with Crippen LogP contribution in [0.5, 0.6) is 0 Å². The van der Waals surface area contributed by atoms with Crippen molar-refractivity contribution in [3.05, 3.63) is 118 Å². The normalized spacial score (nSPS) is 11.7. The van der Waals surface area contributed by atoms with E-state index >= 15 is 0 Å². The molecule has 49 heavy (non-hydrogen) atoms. The Morgan fingerprint density at radius 3 is 2.18 bits per heavy atom. The van der Waals surface area contributed by atoms with Crippen LogP contribution in [-0.2, 0) is 23.3 Å². The van der Waals surface area contributed by atoms with Gasteiger partial charge in [0.2, 0.25) is 0 Å². The van der Waals surface area contributed by atoms with E-state index in [0.29, 0.717) is 28.0 Å². The van der Waals surface area contributed by atoms with Crippen molar-refractivity contribution in [3.63, 3.8) is 0 Å². The molecule has 1 N–H and O–H groups in total. The topological polar surface area (TPSA) is 155 Å². The standard InChI is InChI=1S/C27H26F3N7O2.C6H6O3S/c1-34-24(22-12-13-33-35(22)20-10-8-18(17-31)9-11-20)23(25(38)32-14-15-37(2,3)4)26(39)36(34)21-7-5-6-19(16-21)27(28,29)30;7-10(8,9)6-4-2-1-3-5-6/h5-13,16H,14-15H2,1-4H3;1-5H,(H,7,8,9). The highest BCUT2D eigenvalue weighted by Crippen LogP contribution is 2.31. The lowest BCUT2D eigenvalue weighted by atomic mass is 10.1. The van der Waals surface area contributed by atoms with Crippen molar-refractivity contribution in [3.8, 4) is 28.8 Å². The van der Waals surface area contributed by atoms with E-state index in [4.69, 9.17) is 5.26 Å². The lowest BCUT2D eigenvalue weighted by Gasteiger charge is -2.23. The number of likely N-dealkylation sites (N-methyl/N-ethyl adjacent to an activating group) is 1. The zero-order valence-corrected chi connectivity index (χ0v) is 27.7. The fourth-order valence-electron chi connectivity index (χ4n) is 4.75. The van der Waals surface area contributed by atoms with Crippen LogP contribution in [0.2, 0.25) is 0 Å². The van der Waals surface area contributed by atoms with Gasteiger partial charge in [0, 0.05) is 7.05 Å². The Labute approximate surface area is 280 Å². The molecule has 12 nitrogen and oxygen atoms in total. The molecule has 5 rings (SSSR count). The van der Waals surface area contributed by atoms with Gasteiger partial charge in [-0.1, -0.05) is 24.3 Å². The number of nitriles is 1. The summed E-state index contributed by atoms with van der Waals surface area (Å²) in [5, 5.41) is 16.2. The predicted molar refractivity (Wildman–Crippen MR) is 173 cm³/mol. The number of benzene rings is 3. The average molecular weight is 696 g/mol. The zero-order valence-electron chi connectivity index (χ0n) is 26.8. The number of alkyl halides is 3. The Kier molecular flexibility index (Phi) is 10.6. The zero-order chi connectivity index (χ0) is 36.1. The molecule has 2 aromatic heterocycles. The van der Waals surface area contributed by atoms with Crippen molar-refractivity contribution in [2.75, 3.05) is 34.2 Å². The summed E-state index contributed by atoms with van der Waals surface area (Å²) in [6, 6.07) is 21.7. The molecule has 0 bridgehead atoms. The molecule has 256 valence electrons. The SMILES string of the molecule is Cn1c(-c2ccnn2-c2ccc(C#N)cc2)c(C(=O)NCC[N+](C)(C)C)c(=O)n1-c1cccc(C(F)(F)F)c1.O=S(=O)([O-])c1ccccc1.